The Kier molecular flexibility index (Phi) is 3.64. The number of rotatable bonds is 2. The minimum absolute atomic E-state index is 0.331. The van der Waals surface area contributed by atoms with Gasteiger partial charge in [0.1, 0.15) is 0 Å². The van der Waals surface area contributed by atoms with Gasteiger partial charge in [-0.25, -0.2) is 0 Å². The second-order valence-electron chi connectivity index (χ2n) is 4.72. The molecule has 5 heteroatoms. The molecule has 0 aromatic heterocycles. The van der Waals surface area contributed by atoms with Gasteiger partial charge in [0, 0.05) is 18.6 Å². The Labute approximate surface area is 104 Å². The summed E-state index contributed by atoms with van der Waals surface area (Å²) >= 11 is 0. The lowest BCUT2D eigenvalue weighted by Gasteiger charge is -2.36. The topological polar surface area (TPSA) is 35.2 Å². The molecule has 1 unspecified atom stereocenters. The lowest BCUT2D eigenvalue weighted by Crippen LogP contribution is -2.42. The quantitative estimate of drug-likeness (QED) is 0.886. The summed E-state index contributed by atoms with van der Waals surface area (Å²) in [6.45, 7) is 1.57. The predicted molar refractivity (Wildman–Crippen MR) is 62.2 cm³/mol. The molecule has 1 atom stereocenters. The van der Waals surface area contributed by atoms with Crippen molar-refractivity contribution in [3.8, 4) is 0 Å². The number of hydrogen-bond acceptors (Lipinski definition) is 2. The van der Waals surface area contributed by atoms with Gasteiger partial charge in [-0.05, 0) is 30.5 Å². The maximum Gasteiger partial charge on any atom is 0.416 e. The number of nitrogens with two attached hydrogens (primary N) is 1. The zero-order valence-corrected chi connectivity index (χ0v) is 9.96. The summed E-state index contributed by atoms with van der Waals surface area (Å²) in [6.07, 6.45) is -2.55. The van der Waals surface area contributed by atoms with Gasteiger partial charge in [0.15, 0.2) is 0 Å². The van der Waals surface area contributed by atoms with E-state index in [0.717, 1.165) is 30.5 Å². The van der Waals surface area contributed by atoms with Crippen molar-refractivity contribution in [2.24, 2.45) is 5.73 Å². The minimum atomic E-state index is -4.29. The average Bonchev–Trinajstić information content (AvgIpc) is 2.39. The van der Waals surface area contributed by atoms with E-state index in [9.17, 15) is 13.2 Å². The Hall–Kier alpha value is -1.07. The van der Waals surface area contributed by atoms with Crippen LogP contribution in [0.3, 0.4) is 0 Å². The fourth-order valence-corrected chi connectivity index (χ4v) is 2.37. The van der Waals surface area contributed by atoms with E-state index in [-0.39, 0.29) is 5.41 Å². The van der Waals surface area contributed by atoms with Crippen LogP contribution in [0.2, 0.25) is 0 Å². The number of benzene rings is 1. The maximum absolute atomic E-state index is 12.5. The summed E-state index contributed by atoms with van der Waals surface area (Å²) in [7, 11) is 0. The van der Waals surface area contributed by atoms with Crippen LogP contribution >= 0.6 is 0 Å². The Bertz CT molecular complexity index is 394. The third kappa shape index (κ3) is 2.52. The fraction of sp³-hybridized carbons (Fsp3) is 0.538. The van der Waals surface area contributed by atoms with E-state index in [2.05, 4.69) is 0 Å². The zero-order chi connectivity index (χ0) is 13.2. The van der Waals surface area contributed by atoms with E-state index in [1.54, 1.807) is 0 Å². The van der Waals surface area contributed by atoms with Crippen molar-refractivity contribution in [2.75, 3.05) is 19.8 Å². The van der Waals surface area contributed by atoms with Crippen LogP contribution < -0.4 is 5.73 Å². The molecule has 0 radical (unpaired) electrons. The van der Waals surface area contributed by atoms with E-state index in [4.69, 9.17) is 10.5 Å². The Balaban J connectivity index is 2.27. The number of ether oxygens (including phenoxy) is 1. The van der Waals surface area contributed by atoms with Gasteiger partial charge in [-0.2, -0.15) is 13.2 Å². The average molecular weight is 259 g/mol. The van der Waals surface area contributed by atoms with Crippen molar-refractivity contribution < 1.29 is 17.9 Å². The van der Waals surface area contributed by atoms with E-state index in [1.165, 1.54) is 12.1 Å². The summed E-state index contributed by atoms with van der Waals surface area (Å²) in [5.41, 5.74) is 5.66. The monoisotopic (exact) mass is 259 g/mol. The highest BCUT2D eigenvalue weighted by molar-refractivity contribution is 5.31. The molecule has 1 heterocycles. The highest BCUT2D eigenvalue weighted by Crippen LogP contribution is 2.35. The van der Waals surface area contributed by atoms with Crippen LogP contribution in [0.25, 0.3) is 0 Å². The molecule has 1 fully saturated rings. The van der Waals surface area contributed by atoms with Gasteiger partial charge < -0.3 is 10.5 Å². The van der Waals surface area contributed by atoms with Crippen molar-refractivity contribution in [2.45, 2.75) is 24.4 Å². The lowest BCUT2D eigenvalue weighted by atomic mass is 9.76. The molecule has 0 saturated carbocycles. The van der Waals surface area contributed by atoms with Crippen molar-refractivity contribution in [1.29, 1.82) is 0 Å². The molecule has 1 saturated heterocycles. The molecule has 2 nitrogen and oxygen atoms in total. The molecule has 0 amide bonds. The summed E-state index contributed by atoms with van der Waals surface area (Å²) < 4.78 is 42.9. The van der Waals surface area contributed by atoms with Crippen LogP contribution in [0, 0.1) is 0 Å². The molecule has 2 rings (SSSR count). The first-order valence-electron chi connectivity index (χ1n) is 5.93. The molecule has 1 aliphatic heterocycles. The Morgan fingerprint density at radius 1 is 1.22 bits per heavy atom. The first kappa shape index (κ1) is 13.4. The van der Waals surface area contributed by atoms with E-state index in [1.807, 2.05) is 0 Å². The first-order chi connectivity index (χ1) is 8.48. The number of halogens is 3. The van der Waals surface area contributed by atoms with Crippen LogP contribution in [-0.2, 0) is 16.3 Å². The molecule has 1 aromatic carbocycles. The Morgan fingerprint density at radius 3 is 2.33 bits per heavy atom. The molecule has 1 aliphatic rings. The third-order valence-corrected chi connectivity index (χ3v) is 3.54. The largest absolute Gasteiger partial charge is 0.416 e. The molecule has 0 spiro atoms. The second kappa shape index (κ2) is 4.90. The van der Waals surface area contributed by atoms with Gasteiger partial charge in [0.05, 0.1) is 12.2 Å². The van der Waals surface area contributed by atoms with Gasteiger partial charge in [0.25, 0.3) is 0 Å². The van der Waals surface area contributed by atoms with Crippen LogP contribution in [-0.4, -0.2) is 19.8 Å². The molecular weight excluding hydrogens is 243 g/mol. The summed E-state index contributed by atoms with van der Waals surface area (Å²) in [4.78, 5) is 0. The summed E-state index contributed by atoms with van der Waals surface area (Å²) in [6, 6.07) is 5.26. The van der Waals surface area contributed by atoms with Crippen molar-refractivity contribution in [3.05, 3.63) is 35.4 Å². The number of alkyl halides is 3. The molecule has 0 bridgehead atoms. The highest BCUT2D eigenvalue weighted by Gasteiger charge is 2.35. The summed E-state index contributed by atoms with van der Waals surface area (Å²) in [5, 5.41) is 0. The SMILES string of the molecule is NCC1(c2ccc(C(F)(F)F)cc2)CCCOC1. The third-order valence-electron chi connectivity index (χ3n) is 3.54. The normalized spacial score (nSPS) is 25.1. The Morgan fingerprint density at radius 2 is 1.89 bits per heavy atom. The zero-order valence-electron chi connectivity index (χ0n) is 9.96. The van der Waals surface area contributed by atoms with Crippen LogP contribution in [0.1, 0.15) is 24.0 Å². The van der Waals surface area contributed by atoms with E-state index in [0.29, 0.717) is 19.8 Å². The summed E-state index contributed by atoms with van der Waals surface area (Å²) in [5.74, 6) is 0. The van der Waals surface area contributed by atoms with Gasteiger partial charge in [0.2, 0.25) is 0 Å². The predicted octanol–water partition coefficient (Wildman–Crippen LogP) is 2.71. The molecule has 2 N–H and O–H groups in total. The maximum atomic E-state index is 12.5. The minimum Gasteiger partial charge on any atom is -0.380 e. The van der Waals surface area contributed by atoms with Crippen LogP contribution in [0.5, 0.6) is 0 Å². The van der Waals surface area contributed by atoms with Crippen molar-refractivity contribution in [1.82, 2.24) is 0 Å². The van der Waals surface area contributed by atoms with Crippen molar-refractivity contribution >= 4 is 0 Å². The molecule has 0 aliphatic carbocycles. The van der Waals surface area contributed by atoms with Crippen molar-refractivity contribution in [3.63, 3.8) is 0 Å². The molecule has 100 valence electrons. The van der Waals surface area contributed by atoms with E-state index < -0.39 is 11.7 Å². The highest BCUT2D eigenvalue weighted by atomic mass is 19.4. The fourth-order valence-electron chi connectivity index (χ4n) is 2.37. The van der Waals surface area contributed by atoms with Gasteiger partial charge in [-0.1, -0.05) is 12.1 Å². The molecule has 1 aromatic rings. The second-order valence-corrected chi connectivity index (χ2v) is 4.72. The lowest BCUT2D eigenvalue weighted by molar-refractivity contribution is -0.137. The van der Waals surface area contributed by atoms with Crippen LogP contribution in [0.15, 0.2) is 24.3 Å². The molecular formula is C13H16F3NO. The molecule has 18 heavy (non-hydrogen) atoms. The van der Waals surface area contributed by atoms with E-state index >= 15 is 0 Å². The van der Waals surface area contributed by atoms with Gasteiger partial charge >= 0.3 is 6.18 Å². The van der Waals surface area contributed by atoms with Gasteiger partial charge in [-0.15, -0.1) is 0 Å². The van der Waals surface area contributed by atoms with Gasteiger partial charge in [-0.3, -0.25) is 0 Å². The van der Waals surface area contributed by atoms with Crippen LogP contribution in [0.4, 0.5) is 13.2 Å². The first-order valence-corrected chi connectivity index (χ1v) is 5.93. The standard InChI is InChI=1S/C13H16F3NO/c14-13(15,16)11-4-2-10(3-5-11)12(8-17)6-1-7-18-9-12/h2-5H,1,6-9,17H2. The smallest absolute Gasteiger partial charge is 0.380 e. The number of hydrogen-bond donors (Lipinski definition) is 1.